The number of hydrogen-bond donors (Lipinski definition) is 0. The molecule has 1 aromatic heterocycles. The Kier molecular flexibility index (Phi) is 1.34. The maximum atomic E-state index is 5.39. The summed E-state index contributed by atoms with van der Waals surface area (Å²) in [4.78, 5) is 4.30. The molecule has 0 aromatic carbocycles. The molecule has 0 N–H and O–H groups in total. The Balaban J connectivity index is 2.88. The second-order valence-electron chi connectivity index (χ2n) is 2.97. The number of rotatable bonds is 0. The van der Waals surface area contributed by atoms with E-state index in [0.29, 0.717) is 0 Å². The molecule has 0 bridgehead atoms. The molecule has 0 amide bonds. The summed E-state index contributed by atoms with van der Waals surface area (Å²) in [5.41, 5.74) is 2.31. The quantitative estimate of drug-likeness (QED) is 0.543. The van der Waals surface area contributed by atoms with Crippen molar-refractivity contribution in [3.63, 3.8) is 0 Å². The van der Waals surface area contributed by atoms with Gasteiger partial charge in [-0.05, 0) is 31.4 Å². The third-order valence-electron chi connectivity index (χ3n) is 2.01. The van der Waals surface area contributed by atoms with E-state index in [0.717, 1.165) is 29.5 Å². The number of nitrogens with zero attached hydrogens (tertiary/aromatic N) is 1. The summed E-state index contributed by atoms with van der Waals surface area (Å²) in [6, 6.07) is 0. The fourth-order valence-corrected chi connectivity index (χ4v) is 1.43. The molecule has 1 aliphatic rings. The Bertz CT molecular complexity index is 386. The van der Waals surface area contributed by atoms with Crippen molar-refractivity contribution in [2.75, 3.05) is 0 Å². The Morgan fingerprint density at radius 1 is 1.45 bits per heavy atom. The molecule has 2 heteroatoms. The fraction of sp³-hybridized carbons (Fsp3) is 0.444. The van der Waals surface area contributed by atoms with Gasteiger partial charge in [0.2, 0.25) is 0 Å². The molecule has 1 aromatic rings. The first kappa shape index (κ1) is 6.65. The van der Waals surface area contributed by atoms with Gasteiger partial charge in [-0.1, -0.05) is 0 Å². The third kappa shape index (κ3) is 0.985. The zero-order valence-electron chi connectivity index (χ0n) is 6.85. The summed E-state index contributed by atoms with van der Waals surface area (Å²) in [5, 5.41) is 1.06. The van der Waals surface area contributed by atoms with Crippen LogP contribution in [0.5, 0.6) is 0 Å². The maximum absolute atomic E-state index is 5.39. The van der Waals surface area contributed by atoms with Gasteiger partial charge in [0, 0.05) is 6.92 Å². The predicted octanol–water partition coefficient (Wildman–Crippen LogP) is 0.728. The highest BCUT2D eigenvalue weighted by Gasteiger charge is 2.04. The van der Waals surface area contributed by atoms with Crippen LogP contribution in [-0.2, 0) is 0 Å². The number of aryl methyl sites for hydroxylation is 1. The fourth-order valence-electron chi connectivity index (χ4n) is 1.43. The molecule has 0 unspecified atom stereocenters. The largest absolute Gasteiger partial charge is 0.441 e. The van der Waals surface area contributed by atoms with Gasteiger partial charge < -0.3 is 4.42 Å². The van der Waals surface area contributed by atoms with Crippen LogP contribution in [0.15, 0.2) is 4.42 Å². The molecule has 0 saturated carbocycles. The summed E-state index contributed by atoms with van der Waals surface area (Å²) in [5.74, 6) is 0.771. The highest BCUT2D eigenvalue weighted by atomic mass is 16.3. The molecule has 0 atom stereocenters. The molecule has 0 spiro atoms. The summed E-state index contributed by atoms with van der Waals surface area (Å²) in [6.07, 6.45) is 4.33. The van der Waals surface area contributed by atoms with Gasteiger partial charge in [-0.15, -0.1) is 0 Å². The maximum Gasteiger partial charge on any atom is 0.192 e. The molecule has 1 aliphatic carbocycles. The van der Waals surface area contributed by atoms with Gasteiger partial charge in [-0.25, -0.2) is 4.98 Å². The molecule has 11 heavy (non-hydrogen) atoms. The van der Waals surface area contributed by atoms with Crippen LogP contribution in [0.4, 0.5) is 0 Å². The molecule has 0 radical (unpaired) electrons. The molecule has 0 aliphatic heterocycles. The average Bonchev–Trinajstić information content (AvgIpc) is 2.31. The number of oxazole rings is 1. The Hall–Kier alpha value is -1.05. The number of aromatic nitrogens is 1. The number of fused-ring (bicyclic) bond motifs is 1. The molecule has 1 heterocycles. The molecular weight excluding hydrogens is 138 g/mol. The standard InChI is InChI=1S/C9H11NO/c1-6-4-3-5-8-9(6)10-7(2)11-8/h5H,3-4H2,1-2H3. The predicted molar refractivity (Wildman–Crippen MR) is 43.3 cm³/mol. The lowest BCUT2D eigenvalue weighted by molar-refractivity contribution is 0.490. The van der Waals surface area contributed by atoms with Crippen LogP contribution in [-0.4, -0.2) is 4.98 Å². The van der Waals surface area contributed by atoms with Gasteiger partial charge in [0.05, 0.1) is 0 Å². The molecule has 2 nitrogen and oxygen atoms in total. The van der Waals surface area contributed by atoms with Gasteiger partial charge in [0.15, 0.2) is 11.3 Å². The van der Waals surface area contributed by atoms with Crippen molar-refractivity contribution in [1.82, 2.24) is 4.98 Å². The van der Waals surface area contributed by atoms with E-state index in [1.807, 2.05) is 6.92 Å². The second kappa shape index (κ2) is 2.22. The highest BCUT2D eigenvalue weighted by Crippen LogP contribution is 2.05. The minimum Gasteiger partial charge on any atom is -0.441 e. The zero-order chi connectivity index (χ0) is 7.84. The van der Waals surface area contributed by atoms with Crippen molar-refractivity contribution >= 4 is 11.6 Å². The van der Waals surface area contributed by atoms with Crippen molar-refractivity contribution < 1.29 is 4.42 Å². The smallest absolute Gasteiger partial charge is 0.192 e. The minimum absolute atomic E-state index is 0.771. The van der Waals surface area contributed by atoms with E-state index in [4.69, 9.17) is 4.42 Å². The van der Waals surface area contributed by atoms with Gasteiger partial charge >= 0.3 is 0 Å². The van der Waals surface area contributed by atoms with Gasteiger partial charge in [-0.3, -0.25) is 0 Å². The number of hydrogen-bond acceptors (Lipinski definition) is 2. The summed E-state index contributed by atoms with van der Waals surface area (Å²) in [6.45, 7) is 4.01. The summed E-state index contributed by atoms with van der Waals surface area (Å²) in [7, 11) is 0. The van der Waals surface area contributed by atoms with E-state index in [1.54, 1.807) is 0 Å². The first-order valence-corrected chi connectivity index (χ1v) is 3.91. The van der Waals surface area contributed by atoms with Gasteiger partial charge in [0.25, 0.3) is 0 Å². The zero-order valence-corrected chi connectivity index (χ0v) is 6.85. The Labute approximate surface area is 65.2 Å². The molecule has 58 valence electrons. The van der Waals surface area contributed by atoms with Crippen molar-refractivity contribution in [2.45, 2.75) is 26.7 Å². The van der Waals surface area contributed by atoms with Crippen molar-refractivity contribution in [3.8, 4) is 0 Å². The Morgan fingerprint density at radius 2 is 2.27 bits per heavy atom. The second-order valence-corrected chi connectivity index (χ2v) is 2.97. The van der Waals surface area contributed by atoms with Crippen LogP contribution in [0, 0.1) is 6.92 Å². The first-order valence-electron chi connectivity index (χ1n) is 3.91. The van der Waals surface area contributed by atoms with Crippen LogP contribution >= 0.6 is 0 Å². The van der Waals surface area contributed by atoms with E-state index < -0.39 is 0 Å². The monoisotopic (exact) mass is 149 g/mol. The molecule has 2 rings (SSSR count). The van der Waals surface area contributed by atoms with E-state index in [9.17, 15) is 0 Å². The van der Waals surface area contributed by atoms with Crippen molar-refractivity contribution in [1.29, 1.82) is 0 Å². The third-order valence-corrected chi connectivity index (χ3v) is 2.01. The Morgan fingerprint density at radius 3 is 3.00 bits per heavy atom. The van der Waals surface area contributed by atoms with Crippen LogP contribution in [0.3, 0.4) is 0 Å². The highest BCUT2D eigenvalue weighted by molar-refractivity contribution is 5.45. The van der Waals surface area contributed by atoms with Gasteiger partial charge in [0.1, 0.15) is 5.35 Å². The van der Waals surface area contributed by atoms with Crippen LogP contribution in [0.25, 0.3) is 11.6 Å². The molecule has 0 fully saturated rings. The van der Waals surface area contributed by atoms with E-state index in [2.05, 4.69) is 18.0 Å². The van der Waals surface area contributed by atoms with Gasteiger partial charge in [-0.2, -0.15) is 0 Å². The lowest BCUT2D eigenvalue weighted by atomic mass is 10.1. The van der Waals surface area contributed by atoms with Crippen LogP contribution < -0.4 is 10.8 Å². The van der Waals surface area contributed by atoms with Crippen LogP contribution in [0.1, 0.15) is 25.7 Å². The first-order chi connectivity index (χ1) is 5.27. The summed E-state index contributed by atoms with van der Waals surface area (Å²) < 4.78 is 5.39. The van der Waals surface area contributed by atoms with Crippen molar-refractivity contribution in [3.05, 3.63) is 16.7 Å². The average molecular weight is 149 g/mol. The van der Waals surface area contributed by atoms with Crippen molar-refractivity contribution in [2.24, 2.45) is 0 Å². The minimum atomic E-state index is 0.771. The topological polar surface area (TPSA) is 26.0 Å². The van der Waals surface area contributed by atoms with E-state index >= 15 is 0 Å². The van der Waals surface area contributed by atoms with E-state index in [1.165, 1.54) is 5.57 Å². The summed E-state index contributed by atoms with van der Waals surface area (Å²) >= 11 is 0. The lowest BCUT2D eigenvalue weighted by Crippen LogP contribution is -2.26. The SMILES string of the molecule is CC1=c2nc(C)oc2=CCC1. The van der Waals surface area contributed by atoms with Crippen LogP contribution in [0.2, 0.25) is 0 Å². The van der Waals surface area contributed by atoms with E-state index in [-0.39, 0.29) is 0 Å². The molecular formula is C9H11NO. The lowest BCUT2D eigenvalue weighted by Gasteiger charge is -1.98. The molecule has 0 saturated heterocycles. The normalized spacial score (nSPS) is 16.0.